The van der Waals surface area contributed by atoms with Crippen molar-refractivity contribution in [2.75, 3.05) is 25.5 Å². The van der Waals surface area contributed by atoms with Gasteiger partial charge >= 0.3 is 12.4 Å². The maximum Gasteiger partial charge on any atom is 0.416 e. The summed E-state index contributed by atoms with van der Waals surface area (Å²) in [5, 5.41) is 0.259. The Morgan fingerprint density at radius 2 is 1.47 bits per heavy atom. The van der Waals surface area contributed by atoms with Crippen LogP contribution in [0.1, 0.15) is 21.5 Å². The number of pyridine rings is 1. The number of rotatable bonds is 5. The van der Waals surface area contributed by atoms with Gasteiger partial charge in [-0.25, -0.2) is 0 Å². The normalized spacial score (nSPS) is 11.8. The van der Waals surface area contributed by atoms with Crippen LogP contribution in [0.25, 0.3) is 11.1 Å². The minimum atomic E-state index is -5.16. The van der Waals surface area contributed by atoms with E-state index in [0.717, 1.165) is 9.80 Å². The van der Waals surface area contributed by atoms with Gasteiger partial charge in [0, 0.05) is 42.0 Å². The summed E-state index contributed by atoms with van der Waals surface area (Å²) in [5.74, 6) is -1.90. The van der Waals surface area contributed by atoms with Crippen LogP contribution in [0.3, 0.4) is 0 Å². The molecule has 1 heterocycles. The molecule has 0 aliphatic carbocycles. The molecular weight excluding hydrogens is 512 g/mol. The fourth-order valence-corrected chi connectivity index (χ4v) is 3.52. The lowest BCUT2D eigenvalue weighted by Crippen LogP contribution is -2.41. The van der Waals surface area contributed by atoms with Gasteiger partial charge in [-0.1, -0.05) is 29.8 Å². The smallest absolute Gasteiger partial charge is 0.347 e. The highest BCUT2D eigenvalue weighted by molar-refractivity contribution is 6.33. The van der Waals surface area contributed by atoms with Crippen molar-refractivity contribution in [2.24, 2.45) is 0 Å². The topological polar surface area (TPSA) is 53.5 Å². The van der Waals surface area contributed by atoms with E-state index in [1.807, 2.05) is 0 Å². The van der Waals surface area contributed by atoms with Crippen LogP contribution in [-0.2, 0) is 17.1 Å². The Bertz CT molecular complexity index is 1260. The molecule has 0 unspecified atom stereocenters. The molecule has 0 radical (unpaired) electrons. The van der Waals surface area contributed by atoms with Gasteiger partial charge in [-0.05, 0) is 30.3 Å². The first-order valence-electron chi connectivity index (χ1n) is 10.2. The first-order valence-corrected chi connectivity index (χ1v) is 10.6. The summed E-state index contributed by atoms with van der Waals surface area (Å²) in [6.07, 6.45) is -7.77. The monoisotopic (exact) mass is 529 g/mol. The highest BCUT2D eigenvalue weighted by Gasteiger charge is 2.38. The number of nitrogens with zero attached hydrogens (tertiary/aromatic N) is 3. The Morgan fingerprint density at radius 1 is 0.889 bits per heavy atom. The maximum atomic E-state index is 13.5. The predicted molar refractivity (Wildman–Crippen MR) is 121 cm³/mol. The summed E-state index contributed by atoms with van der Waals surface area (Å²) in [6, 6.07) is 8.46. The Balaban J connectivity index is 2.24. The van der Waals surface area contributed by atoms with Crippen molar-refractivity contribution in [2.45, 2.75) is 12.4 Å². The van der Waals surface area contributed by atoms with E-state index in [2.05, 4.69) is 4.98 Å². The van der Waals surface area contributed by atoms with Crippen LogP contribution in [0.5, 0.6) is 0 Å². The second-order valence-corrected chi connectivity index (χ2v) is 8.25. The summed E-state index contributed by atoms with van der Waals surface area (Å²) in [7, 11) is 2.77. The zero-order valence-electron chi connectivity index (χ0n) is 18.8. The van der Waals surface area contributed by atoms with E-state index in [9.17, 15) is 35.9 Å². The number of amides is 2. The fraction of sp³-hybridized carbons (Fsp3) is 0.208. The van der Waals surface area contributed by atoms with Crippen molar-refractivity contribution in [3.05, 3.63) is 82.6 Å². The zero-order valence-corrected chi connectivity index (χ0v) is 19.5. The first kappa shape index (κ1) is 27.0. The van der Waals surface area contributed by atoms with Crippen LogP contribution < -0.4 is 4.90 Å². The van der Waals surface area contributed by atoms with E-state index in [4.69, 9.17) is 11.6 Å². The van der Waals surface area contributed by atoms with Crippen LogP contribution in [0, 0.1) is 0 Å². The number of carbonyl (C=O) groups is 2. The highest BCUT2D eigenvalue weighted by atomic mass is 35.5. The average molecular weight is 530 g/mol. The molecule has 0 atom stereocenters. The van der Waals surface area contributed by atoms with Gasteiger partial charge in [0.25, 0.3) is 5.91 Å². The van der Waals surface area contributed by atoms with Gasteiger partial charge in [0.15, 0.2) is 0 Å². The van der Waals surface area contributed by atoms with E-state index < -0.39 is 47.4 Å². The molecule has 0 aliphatic rings. The lowest BCUT2D eigenvalue weighted by molar-refractivity contribution is -0.143. The van der Waals surface area contributed by atoms with Gasteiger partial charge in [0.2, 0.25) is 5.91 Å². The molecule has 3 aromatic rings. The zero-order chi connectivity index (χ0) is 26.8. The summed E-state index contributed by atoms with van der Waals surface area (Å²) < 4.78 is 80.3. The third kappa shape index (κ3) is 5.96. The molecule has 0 fully saturated rings. The molecule has 0 spiro atoms. The third-order valence-electron chi connectivity index (χ3n) is 5.13. The van der Waals surface area contributed by atoms with Crippen LogP contribution in [0.2, 0.25) is 5.02 Å². The Labute approximate surface area is 206 Å². The number of halogens is 7. The summed E-state index contributed by atoms with van der Waals surface area (Å²) in [4.78, 5) is 31.9. The molecule has 0 N–H and O–H groups in total. The van der Waals surface area contributed by atoms with Gasteiger partial charge in [-0.3, -0.25) is 19.5 Å². The molecule has 1 aromatic heterocycles. The van der Waals surface area contributed by atoms with Gasteiger partial charge in [0.1, 0.15) is 6.54 Å². The number of likely N-dealkylation sites (N-methyl/N-ethyl adjacent to an activating group) is 1. The Morgan fingerprint density at radius 3 is 2.00 bits per heavy atom. The molecule has 5 nitrogen and oxygen atoms in total. The van der Waals surface area contributed by atoms with Crippen LogP contribution in [-0.4, -0.2) is 42.3 Å². The van der Waals surface area contributed by atoms with Crippen molar-refractivity contribution < 1.29 is 35.9 Å². The quantitative estimate of drug-likeness (QED) is 0.371. The third-order valence-corrected chi connectivity index (χ3v) is 5.46. The first-order chi connectivity index (χ1) is 16.7. The van der Waals surface area contributed by atoms with Gasteiger partial charge < -0.3 is 4.90 Å². The number of hydrogen-bond acceptors (Lipinski definition) is 3. The molecule has 0 saturated heterocycles. The molecule has 2 aromatic carbocycles. The molecule has 190 valence electrons. The van der Waals surface area contributed by atoms with E-state index >= 15 is 0 Å². The average Bonchev–Trinajstić information content (AvgIpc) is 2.81. The van der Waals surface area contributed by atoms with Gasteiger partial charge in [-0.2, -0.15) is 26.3 Å². The molecule has 0 bridgehead atoms. The standard InChI is InChI=1S/C24H18ClF6N3O2/c1-33(2)21(35)13-34(20-12-32-8-7-18(20)17-5-3-4-6-19(17)25)22(36)14-9-15(23(26,27)28)11-16(10-14)24(29,30)31/h3-12H,13H2,1-2H3. The SMILES string of the molecule is CN(C)C(=O)CN(C(=O)c1cc(C(F)(F)F)cc(C(F)(F)F)c1)c1cnccc1-c1ccccc1Cl. The van der Waals surface area contributed by atoms with Gasteiger partial charge in [-0.15, -0.1) is 0 Å². The number of hydrogen-bond donors (Lipinski definition) is 0. The molecular formula is C24H18ClF6N3O2. The molecule has 0 aliphatic heterocycles. The summed E-state index contributed by atoms with van der Waals surface area (Å²) in [5.41, 5.74) is -3.55. The minimum Gasteiger partial charge on any atom is -0.347 e. The molecule has 0 saturated carbocycles. The molecule has 12 heteroatoms. The van der Waals surface area contributed by atoms with Crippen molar-refractivity contribution in [3.63, 3.8) is 0 Å². The molecule has 36 heavy (non-hydrogen) atoms. The Hall–Kier alpha value is -3.60. The minimum absolute atomic E-state index is 0.0308. The second-order valence-electron chi connectivity index (χ2n) is 7.85. The van der Waals surface area contributed by atoms with Crippen molar-refractivity contribution in [1.29, 1.82) is 0 Å². The Kier molecular flexibility index (Phi) is 7.63. The highest BCUT2D eigenvalue weighted by Crippen LogP contribution is 2.38. The van der Waals surface area contributed by atoms with E-state index in [1.54, 1.807) is 24.3 Å². The summed E-state index contributed by atoms with van der Waals surface area (Å²) >= 11 is 6.28. The van der Waals surface area contributed by atoms with Gasteiger partial charge in [0.05, 0.1) is 23.0 Å². The number of benzene rings is 2. The largest absolute Gasteiger partial charge is 0.416 e. The number of aromatic nitrogens is 1. The number of carbonyl (C=O) groups excluding carboxylic acids is 2. The number of alkyl halides is 6. The van der Waals surface area contributed by atoms with Crippen LogP contribution in [0.15, 0.2) is 60.9 Å². The van der Waals surface area contributed by atoms with Crippen LogP contribution >= 0.6 is 11.6 Å². The second kappa shape index (κ2) is 10.2. The van der Waals surface area contributed by atoms with E-state index in [0.29, 0.717) is 23.3 Å². The lowest BCUT2D eigenvalue weighted by Gasteiger charge is -2.26. The lowest BCUT2D eigenvalue weighted by atomic mass is 10.0. The number of anilines is 1. The summed E-state index contributed by atoms with van der Waals surface area (Å²) in [6.45, 7) is -0.688. The predicted octanol–water partition coefficient (Wildman–Crippen LogP) is 6.17. The molecule has 3 rings (SSSR count). The molecule has 2 amide bonds. The van der Waals surface area contributed by atoms with Crippen LogP contribution in [0.4, 0.5) is 32.0 Å². The van der Waals surface area contributed by atoms with E-state index in [1.165, 1.54) is 32.6 Å². The van der Waals surface area contributed by atoms with E-state index in [-0.39, 0.29) is 16.8 Å². The fourth-order valence-electron chi connectivity index (χ4n) is 3.29. The van der Waals surface area contributed by atoms with Crippen molar-refractivity contribution in [3.8, 4) is 11.1 Å². The van der Waals surface area contributed by atoms with Crippen molar-refractivity contribution in [1.82, 2.24) is 9.88 Å². The van der Waals surface area contributed by atoms with Crippen molar-refractivity contribution >= 4 is 29.1 Å². The maximum absolute atomic E-state index is 13.5.